The first-order valence-electron chi connectivity index (χ1n) is 6.27. The largest absolute Gasteiger partial charge is 0.399 e. The van der Waals surface area contributed by atoms with Crippen LogP contribution in [0.1, 0.15) is 64.3 Å². The minimum Gasteiger partial charge on any atom is -0.361 e. The summed E-state index contributed by atoms with van der Waals surface area (Å²) in [4.78, 5) is 0. The molecule has 2 nitrogen and oxygen atoms in total. The molecule has 5 heteroatoms. The highest BCUT2D eigenvalue weighted by molar-refractivity contribution is 5.19. The summed E-state index contributed by atoms with van der Waals surface area (Å²) in [6.07, 6.45) is -1.61. The van der Waals surface area contributed by atoms with E-state index in [1.807, 2.05) is 13.8 Å². The van der Waals surface area contributed by atoms with Crippen molar-refractivity contribution in [3.05, 3.63) is 17.5 Å². The Morgan fingerprint density at radius 2 is 1.89 bits per heavy atom. The van der Waals surface area contributed by atoms with Crippen LogP contribution in [-0.2, 0) is 5.41 Å². The summed E-state index contributed by atoms with van der Waals surface area (Å²) in [5, 5.41) is 3.61. The fourth-order valence-corrected chi connectivity index (χ4v) is 1.82. The molecule has 1 aromatic rings. The summed E-state index contributed by atoms with van der Waals surface area (Å²) in [6.45, 7) is 6.28. The van der Waals surface area contributed by atoms with Gasteiger partial charge in [0.05, 0.1) is 5.69 Å². The molecule has 0 bridgehead atoms. The summed E-state index contributed by atoms with van der Waals surface area (Å²) in [5.41, 5.74) is -2.02. The van der Waals surface area contributed by atoms with Gasteiger partial charge in [-0.3, -0.25) is 0 Å². The third-order valence-corrected chi connectivity index (χ3v) is 3.41. The van der Waals surface area contributed by atoms with Crippen LogP contribution in [0.3, 0.4) is 0 Å². The minimum absolute atomic E-state index is 0.0421. The maximum absolute atomic E-state index is 12.9. The van der Waals surface area contributed by atoms with E-state index < -0.39 is 11.6 Å². The van der Waals surface area contributed by atoms with Gasteiger partial charge >= 0.3 is 6.18 Å². The van der Waals surface area contributed by atoms with Gasteiger partial charge in [0.15, 0.2) is 0 Å². The van der Waals surface area contributed by atoms with Crippen LogP contribution in [0.4, 0.5) is 13.2 Å². The van der Waals surface area contributed by atoms with Crippen molar-refractivity contribution in [2.75, 3.05) is 0 Å². The molecular formula is C13H20F3NO. The Labute approximate surface area is 106 Å². The average molecular weight is 263 g/mol. The molecule has 0 N–H and O–H groups in total. The zero-order valence-corrected chi connectivity index (χ0v) is 11.3. The van der Waals surface area contributed by atoms with Crippen LogP contribution in [0, 0.1) is 0 Å². The Balaban J connectivity index is 2.99. The van der Waals surface area contributed by atoms with Gasteiger partial charge in [-0.2, -0.15) is 13.2 Å². The molecule has 104 valence electrons. The van der Waals surface area contributed by atoms with Gasteiger partial charge in [-0.05, 0) is 26.7 Å². The predicted molar refractivity (Wildman–Crippen MR) is 63.5 cm³/mol. The van der Waals surface area contributed by atoms with Crippen molar-refractivity contribution in [1.29, 1.82) is 0 Å². The van der Waals surface area contributed by atoms with Crippen molar-refractivity contribution in [3.63, 3.8) is 0 Å². The molecule has 0 aliphatic carbocycles. The fraction of sp³-hybridized carbons (Fsp3) is 0.769. The Morgan fingerprint density at radius 3 is 2.33 bits per heavy atom. The zero-order valence-electron chi connectivity index (χ0n) is 11.3. The molecule has 0 spiro atoms. The van der Waals surface area contributed by atoms with Crippen molar-refractivity contribution in [3.8, 4) is 0 Å². The van der Waals surface area contributed by atoms with Crippen molar-refractivity contribution < 1.29 is 17.7 Å². The lowest BCUT2D eigenvalue weighted by molar-refractivity contribution is -0.181. The van der Waals surface area contributed by atoms with Gasteiger partial charge in [-0.1, -0.05) is 25.4 Å². The molecule has 1 rings (SSSR count). The average Bonchev–Trinajstić information content (AvgIpc) is 2.73. The van der Waals surface area contributed by atoms with Crippen LogP contribution >= 0.6 is 0 Å². The maximum Gasteiger partial charge on any atom is 0.399 e. The van der Waals surface area contributed by atoms with E-state index in [4.69, 9.17) is 4.52 Å². The lowest BCUT2D eigenvalue weighted by Crippen LogP contribution is -2.36. The second-order valence-corrected chi connectivity index (χ2v) is 5.13. The topological polar surface area (TPSA) is 26.0 Å². The first-order chi connectivity index (χ1) is 8.24. The van der Waals surface area contributed by atoms with Crippen molar-refractivity contribution in [1.82, 2.24) is 5.16 Å². The number of rotatable bonds is 5. The second kappa shape index (κ2) is 5.33. The van der Waals surface area contributed by atoms with Crippen molar-refractivity contribution in [2.24, 2.45) is 0 Å². The molecule has 0 aliphatic rings. The molecule has 1 unspecified atom stereocenters. The van der Waals surface area contributed by atoms with E-state index in [2.05, 4.69) is 5.16 Å². The molecule has 0 saturated heterocycles. The number of hydrogen-bond acceptors (Lipinski definition) is 2. The molecule has 1 heterocycles. The van der Waals surface area contributed by atoms with Gasteiger partial charge in [0.25, 0.3) is 0 Å². The normalized spacial score (nSPS) is 14.8. The highest BCUT2D eigenvalue weighted by atomic mass is 19.4. The van der Waals surface area contributed by atoms with Crippen molar-refractivity contribution in [2.45, 2.75) is 64.5 Å². The first-order valence-corrected chi connectivity index (χ1v) is 6.27. The van der Waals surface area contributed by atoms with Crippen LogP contribution in [0.2, 0.25) is 0 Å². The molecule has 0 fully saturated rings. The van der Waals surface area contributed by atoms with Crippen LogP contribution in [0.5, 0.6) is 0 Å². The molecule has 0 saturated carbocycles. The standard InChI is InChI=1S/C13H20F3NO/c1-5-7-9(6-2)10-8-11(17-18-10)12(3,4)13(14,15)16/h8-9H,5-7H2,1-4H3. The number of nitrogens with zero attached hydrogens (tertiary/aromatic N) is 1. The quantitative estimate of drug-likeness (QED) is 0.762. The molecule has 0 radical (unpaired) electrons. The SMILES string of the molecule is CCCC(CC)c1cc(C(C)(C)C(F)(F)F)no1. The number of halogens is 3. The van der Waals surface area contributed by atoms with Gasteiger partial charge in [0.1, 0.15) is 11.2 Å². The molecule has 0 aliphatic heterocycles. The summed E-state index contributed by atoms with van der Waals surface area (Å²) in [5.74, 6) is 0.715. The molecule has 0 aromatic carbocycles. The van der Waals surface area contributed by atoms with Gasteiger partial charge in [-0.25, -0.2) is 0 Å². The third kappa shape index (κ3) is 2.87. The summed E-state index contributed by atoms with van der Waals surface area (Å²) < 4.78 is 43.7. The molecule has 0 amide bonds. The monoisotopic (exact) mass is 263 g/mol. The van der Waals surface area contributed by atoms with E-state index in [9.17, 15) is 13.2 Å². The second-order valence-electron chi connectivity index (χ2n) is 5.13. The lowest BCUT2D eigenvalue weighted by Gasteiger charge is -2.24. The van der Waals surface area contributed by atoms with Gasteiger partial charge in [-0.15, -0.1) is 0 Å². The Hall–Kier alpha value is -1.00. The third-order valence-electron chi connectivity index (χ3n) is 3.41. The number of aromatic nitrogens is 1. The number of alkyl halides is 3. The van der Waals surface area contributed by atoms with Crippen LogP contribution in [0.15, 0.2) is 10.6 Å². The van der Waals surface area contributed by atoms with Crippen molar-refractivity contribution >= 4 is 0 Å². The fourth-order valence-electron chi connectivity index (χ4n) is 1.82. The maximum atomic E-state index is 12.9. The lowest BCUT2D eigenvalue weighted by atomic mass is 9.87. The minimum atomic E-state index is -4.33. The molecule has 1 aromatic heterocycles. The summed E-state index contributed by atoms with van der Waals surface area (Å²) >= 11 is 0. The van der Waals surface area contributed by atoms with Gasteiger partial charge in [0, 0.05) is 12.0 Å². The van der Waals surface area contributed by atoms with Gasteiger partial charge < -0.3 is 4.52 Å². The Morgan fingerprint density at radius 1 is 1.28 bits per heavy atom. The highest BCUT2D eigenvalue weighted by Crippen LogP contribution is 2.40. The highest BCUT2D eigenvalue weighted by Gasteiger charge is 2.50. The molecule has 1 atom stereocenters. The summed E-state index contributed by atoms with van der Waals surface area (Å²) in [6, 6.07) is 1.46. The van der Waals surface area contributed by atoms with E-state index in [1.165, 1.54) is 6.07 Å². The Bertz CT molecular complexity index is 382. The molecule has 18 heavy (non-hydrogen) atoms. The van der Waals surface area contributed by atoms with E-state index >= 15 is 0 Å². The van der Waals surface area contributed by atoms with E-state index in [-0.39, 0.29) is 11.6 Å². The Kier molecular flexibility index (Phi) is 4.46. The first kappa shape index (κ1) is 15.1. The van der Waals surface area contributed by atoms with E-state index in [1.54, 1.807) is 0 Å². The van der Waals surface area contributed by atoms with Crippen LogP contribution in [-0.4, -0.2) is 11.3 Å². The summed E-state index contributed by atoms with van der Waals surface area (Å²) in [7, 11) is 0. The van der Waals surface area contributed by atoms with Gasteiger partial charge in [0.2, 0.25) is 0 Å². The number of hydrogen-bond donors (Lipinski definition) is 0. The van der Waals surface area contributed by atoms with E-state index in [0.717, 1.165) is 33.1 Å². The predicted octanol–water partition coefficient (Wildman–Crippen LogP) is 4.81. The van der Waals surface area contributed by atoms with E-state index in [0.29, 0.717) is 5.76 Å². The molecular weight excluding hydrogens is 243 g/mol. The van der Waals surface area contributed by atoms with Crippen LogP contribution < -0.4 is 0 Å². The van der Waals surface area contributed by atoms with Crippen LogP contribution in [0.25, 0.3) is 0 Å². The smallest absolute Gasteiger partial charge is 0.361 e. The zero-order chi connectivity index (χ0) is 14.0.